The van der Waals surface area contributed by atoms with Gasteiger partial charge in [-0.2, -0.15) is 0 Å². The molecule has 0 spiro atoms. The molecule has 2 rings (SSSR count). The molecule has 0 radical (unpaired) electrons. The van der Waals surface area contributed by atoms with Gasteiger partial charge in [0.2, 0.25) is 0 Å². The Hall–Kier alpha value is -1.22. The predicted molar refractivity (Wildman–Crippen MR) is 76.2 cm³/mol. The lowest BCUT2D eigenvalue weighted by molar-refractivity contribution is 0.219. The van der Waals surface area contributed by atoms with E-state index < -0.39 is 0 Å². The van der Waals surface area contributed by atoms with E-state index in [0.717, 1.165) is 11.3 Å². The molecule has 0 saturated carbocycles. The predicted octanol–water partition coefficient (Wildman–Crippen LogP) is 2.99. The van der Waals surface area contributed by atoms with E-state index in [-0.39, 0.29) is 0 Å². The van der Waals surface area contributed by atoms with Crippen molar-refractivity contribution in [2.45, 2.75) is 39.2 Å². The summed E-state index contributed by atoms with van der Waals surface area (Å²) in [7, 11) is 0. The normalized spacial score (nSPS) is 17.9. The highest BCUT2D eigenvalue weighted by Crippen LogP contribution is 2.23. The van der Waals surface area contributed by atoms with Gasteiger partial charge in [0.05, 0.1) is 0 Å². The fourth-order valence-electron chi connectivity index (χ4n) is 2.55. The van der Waals surface area contributed by atoms with E-state index in [1.54, 1.807) is 0 Å². The van der Waals surface area contributed by atoms with Crippen molar-refractivity contribution in [2.75, 3.05) is 25.0 Å². The third-order valence-corrected chi connectivity index (χ3v) is 3.71. The molecule has 3 nitrogen and oxygen atoms in total. The summed E-state index contributed by atoms with van der Waals surface area (Å²) in [6, 6.07) is 6.38. The van der Waals surface area contributed by atoms with Gasteiger partial charge in [-0.3, -0.25) is 0 Å². The van der Waals surface area contributed by atoms with Crippen LogP contribution in [0.3, 0.4) is 0 Å². The maximum atomic E-state index is 9.69. The summed E-state index contributed by atoms with van der Waals surface area (Å²) in [5, 5.41) is 13.2. The van der Waals surface area contributed by atoms with E-state index in [4.69, 9.17) is 0 Å². The number of benzene rings is 1. The zero-order valence-electron chi connectivity index (χ0n) is 11.4. The molecule has 1 aromatic rings. The summed E-state index contributed by atoms with van der Waals surface area (Å²) in [5.74, 6) is 0.378. The topological polar surface area (TPSA) is 35.5 Å². The Kier molecular flexibility index (Phi) is 4.48. The first-order chi connectivity index (χ1) is 8.69. The van der Waals surface area contributed by atoms with Gasteiger partial charge in [-0.05, 0) is 44.4 Å². The van der Waals surface area contributed by atoms with Crippen molar-refractivity contribution in [3.63, 3.8) is 0 Å². The highest BCUT2D eigenvalue weighted by atomic mass is 16.3. The molecule has 2 N–H and O–H groups in total. The van der Waals surface area contributed by atoms with Gasteiger partial charge in [-0.25, -0.2) is 0 Å². The summed E-state index contributed by atoms with van der Waals surface area (Å²) in [5.41, 5.74) is 1.96. The smallest absolute Gasteiger partial charge is 0.120 e. The van der Waals surface area contributed by atoms with Crippen LogP contribution in [-0.4, -0.2) is 35.7 Å². The van der Waals surface area contributed by atoms with Crippen molar-refractivity contribution >= 4 is 5.69 Å². The third-order valence-electron chi connectivity index (χ3n) is 3.71. The Bertz CT molecular complexity index is 384. The Morgan fingerprint density at radius 2 is 2.06 bits per heavy atom. The maximum absolute atomic E-state index is 9.69. The molecule has 100 valence electrons. The molecule has 1 saturated heterocycles. The van der Waals surface area contributed by atoms with Crippen LogP contribution in [0.2, 0.25) is 0 Å². The number of piperidine rings is 1. The number of anilines is 1. The number of nitrogens with one attached hydrogen (secondary N) is 1. The number of hydrogen-bond donors (Lipinski definition) is 2. The Labute approximate surface area is 110 Å². The minimum atomic E-state index is 0.378. The molecule has 0 bridgehead atoms. The highest BCUT2D eigenvalue weighted by Gasteiger charge is 2.18. The fraction of sp³-hybridized carbons (Fsp3) is 0.600. The molecule has 0 unspecified atom stereocenters. The molecule has 18 heavy (non-hydrogen) atoms. The average Bonchev–Trinajstić information content (AvgIpc) is 2.37. The molecule has 0 atom stereocenters. The number of nitrogens with zero attached hydrogens (tertiary/aromatic N) is 1. The number of aromatic hydroxyl groups is 1. The Balaban J connectivity index is 1.85. The van der Waals surface area contributed by atoms with Crippen LogP contribution in [0.1, 0.15) is 31.7 Å². The molecule has 1 aliphatic rings. The first kappa shape index (κ1) is 13.2. The first-order valence-corrected chi connectivity index (χ1v) is 6.97. The molecule has 3 heteroatoms. The van der Waals surface area contributed by atoms with E-state index in [2.05, 4.69) is 17.1 Å². The fourth-order valence-corrected chi connectivity index (χ4v) is 2.55. The minimum absolute atomic E-state index is 0.378. The van der Waals surface area contributed by atoms with Gasteiger partial charge >= 0.3 is 0 Å². The number of aryl methyl sites for hydroxylation is 1. The van der Waals surface area contributed by atoms with E-state index in [9.17, 15) is 5.11 Å². The van der Waals surface area contributed by atoms with Crippen LogP contribution < -0.4 is 5.32 Å². The van der Waals surface area contributed by atoms with Crippen LogP contribution in [0.25, 0.3) is 0 Å². The van der Waals surface area contributed by atoms with E-state index in [1.807, 2.05) is 25.1 Å². The van der Waals surface area contributed by atoms with Crippen molar-refractivity contribution in [1.82, 2.24) is 4.90 Å². The van der Waals surface area contributed by atoms with Gasteiger partial charge in [0.15, 0.2) is 0 Å². The summed E-state index contributed by atoms with van der Waals surface area (Å²) < 4.78 is 0. The average molecular weight is 248 g/mol. The van der Waals surface area contributed by atoms with E-state index in [1.165, 1.54) is 38.9 Å². The largest absolute Gasteiger partial charge is 0.508 e. The molecule has 1 aliphatic heterocycles. The zero-order chi connectivity index (χ0) is 13.0. The number of phenolic OH excluding ortho intramolecular Hbond substituents is 1. The van der Waals surface area contributed by atoms with Crippen LogP contribution in [-0.2, 0) is 0 Å². The van der Waals surface area contributed by atoms with Gasteiger partial charge in [-0.15, -0.1) is 0 Å². The lowest BCUT2D eigenvalue weighted by Crippen LogP contribution is -2.39. The number of hydrogen-bond acceptors (Lipinski definition) is 3. The van der Waals surface area contributed by atoms with E-state index >= 15 is 0 Å². The van der Waals surface area contributed by atoms with Crippen LogP contribution in [0.5, 0.6) is 5.75 Å². The molecule has 1 aromatic carbocycles. The quantitative estimate of drug-likeness (QED) is 0.860. The Morgan fingerprint density at radius 1 is 1.33 bits per heavy atom. The standard InChI is InChI=1S/C15H24N2O/c1-3-8-17-9-6-13(7-10-17)16-14-5-4-12(2)15(18)11-14/h4-5,11,13,16,18H,3,6-10H2,1-2H3. The maximum Gasteiger partial charge on any atom is 0.120 e. The van der Waals surface area contributed by atoms with Gasteiger partial charge in [0.25, 0.3) is 0 Å². The van der Waals surface area contributed by atoms with Gasteiger partial charge in [0, 0.05) is 30.9 Å². The molecule has 0 aromatic heterocycles. The van der Waals surface area contributed by atoms with Crippen molar-refractivity contribution in [2.24, 2.45) is 0 Å². The second-order valence-electron chi connectivity index (χ2n) is 5.26. The van der Waals surface area contributed by atoms with Gasteiger partial charge in [-0.1, -0.05) is 13.0 Å². The number of phenols is 1. The summed E-state index contributed by atoms with van der Waals surface area (Å²) in [6.07, 6.45) is 3.62. The molecule has 0 aliphatic carbocycles. The van der Waals surface area contributed by atoms with E-state index in [0.29, 0.717) is 11.8 Å². The second-order valence-corrected chi connectivity index (χ2v) is 5.26. The summed E-state index contributed by atoms with van der Waals surface area (Å²) in [6.45, 7) is 7.74. The molecule has 1 fully saturated rings. The summed E-state index contributed by atoms with van der Waals surface area (Å²) in [4.78, 5) is 2.53. The van der Waals surface area contributed by atoms with Gasteiger partial charge < -0.3 is 15.3 Å². The van der Waals surface area contributed by atoms with Crippen LogP contribution in [0.15, 0.2) is 18.2 Å². The van der Waals surface area contributed by atoms with Crippen molar-refractivity contribution < 1.29 is 5.11 Å². The lowest BCUT2D eigenvalue weighted by atomic mass is 10.0. The molecule has 1 heterocycles. The lowest BCUT2D eigenvalue weighted by Gasteiger charge is -2.32. The zero-order valence-corrected chi connectivity index (χ0v) is 11.4. The highest BCUT2D eigenvalue weighted by molar-refractivity contribution is 5.51. The second kappa shape index (κ2) is 6.10. The monoisotopic (exact) mass is 248 g/mol. The molecular weight excluding hydrogens is 224 g/mol. The first-order valence-electron chi connectivity index (χ1n) is 6.97. The van der Waals surface area contributed by atoms with Gasteiger partial charge in [0.1, 0.15) is 5.75 Å². The van der Waals surface area contributed by atoms with Crippen LogP contribution in [0.4, 0.5) is 5.69 Å². The van der Waals surface area contributed by atoms with Crippen molar-refractivity contribution in [1.29, 1.82) is 0 Å². The van der Waals surface area contributed by atoms with Crippen LogP contribution in [0, 0.1) is 6.92 Å². The van der Waals surface area contributed by atoms with Crippen LogP contribution >= 0.6 is 0 Å². The minimum Gasteiger partial charge on any atom is -0.508 e. The van der Waals surface area contributed by atoms with Crippen molar-refractivity contribution in [3.8, 4) is 5.75 Å². The Morgan fingerprint density at radius 3 is 2.67 bits per heavy atom. The third kappa shape index (κ3) is 3.39. The SMILES string of the molecule is CCCN1CCC(Nc2ccc(C)c(O)c2)CC1. The number of likely N-dealkylation sites (tertiary alicyclic amines) is 1. The van der Waals surface area contributed by atoms with Crippen molar-refractivity contribution in [3.05, 3.63) is 23.8 Å². The summed E-state index contributed by atoms with van der Waals surface area (Å²) >= 11 is 0. The molecular formula is C15H24N2O. The number of rotatable bonds is 4. The molecule has 0 amide bonds.